The van der Waals surface area contributed by atoms with Gasteiger partial charge >= 0.3 is 5.97 Å². The van der Waals surface area contributed by atoms with Crippen LogP contribution in [-0.2, 0) is 22.5 Å². The third-order valence-corrected chi connectivity index (χ3v) is 4.51. The molecule has 0 N–H and O–H groups in total. The van der Waals surface area contributed by atoms with E-state index in [1.165, 1.54) is 0 Å². The van der Waals surface area contributed by atoms with Crippen molar-refractivity contribution in [3.8, 4) is 0 Å². The van der Waals surface area contributed by atoms with E-state index < -0.39 is 5.60 Å². The Kier molecular flexibility index (Phi) is 4.13. The van der Waals surface area contributed by atoms with E-state index in [0.29, 0.717) is 5.89 Å². The van der Waals surface area contributed by atoms with Crippen molar-refractivity contribution < 1.29 is 13.9 Å². The molecule has 6 nitrogen and oxygen atoms in total. The fourth-order valence-electron chi connectivity index (χ4n) is 3.39. The second-order valence-electron chi connectivity index (χ2n) is 7.82. The van der Waals surface area contributed by atoms with Gasteiger partial charge in [0.1, 0.15) is 23.5 Å². The van der Waals surface area contributed by atoms with E-state index in [0.717, 1.165) is 46.7 Å². The van der Waals surface area contributed by atoms with Gasteiger partial charge in [-0.15, -0.1) is 0 Å². The molecule has 4 rings (SSSR count). The number of hydrogen-bond donors (Lipinski definition) is 0. The first-order chi connectivity index (χ1) is 12.8. The van der Waals surface area contributed by atoms with E-state index in [1.807, 2.05) is 62.6 Å². The van der Waals surface area contributed by atoms with Gasteiger partial charge in [-0.3, -0.25) is 4.79 Å². The number of carbonyl (C=O) groups excluding carboxylic acids is 1. The molecule has 0 amide bonds. The number of esters is 1. The van der Waals surface area contributed by atoms with Gasteiger partial charge in [0.25, 0.3) is 0 Å². The summed E-state index contributed by atoms with van der Waals surface area (Å²) in [6.45, 7) is 7.70. The zero-order chi connectivity index (χ0) is 19.2. The maximum Gasteiger partial charge on any atom is 0.326 e. The Morgan fingerprint density at radius 3 is 2.74 bits per heavy atom. The van der Waals surface area contributed by atoms with Crippen molar-refractivity contribution in [1.29, 1.82) is 0 Å². The molecule has 0 spiro atoms. The number of fused-ring (bicyclic) bond motifs is 2. The molecule has 0 bridgehead atoms. The van der Waals surface area contributed by atoms with Crippen LogP contribution in [0, 0.1) is 6.92 Å². The van der Waals surface area contributed by atoms with Gasteiger partial charge in [-0.1, -0.05) is 12.1 Å². The number of imidazole rings is 1. The molecule has 0 saturated heterocycles. The molecule has 1 aliphatic rings. The third kappa shape index (κ3) is 3.52. The lowest BCUT2D eigenvalue weighted by Gasteiger charge is -2.21. The number of carbonyl (C=O) groups is 1. The van der Waals surface area contributed by atoms with Gasteiger partial charge in [0.05, 0.1) is 5.69 Å². The highest BCUT2D eigenvalue weighted by Crippen LogP contribution is 2.32. The van der Waals surface area contributed by atoms with Gasteiger partial charge < -0.3 is 13.7 Å². The molecular formula is C21H23N3O3. The van der Waals surface area contributed by atoms with Crippen LogP contribution in [0.4, 0.5) is 0 Å². The van der Waals surface area contributed by atoms with Crippen LogP contribution < -0.4 is 0 Å². The van der Waals surface area contributed by atoms with E-state index >= 15 is 0 Å². The summed E-state index contributed by atoms with van der Waals surface area (Å²) in [5, 5.41) is 0. The summed E-state index contributed by atoms with van der Waals surface area (Å²) in [7, 11) is 0. The second kappa shape index (κ2) is 6.37. The number of oxazole rings is 1. The van der Waals surface area contributed by atoms with Crippen LogP contribution in [0.3, 0.4) is 0 Å². The Bertz CT molecular complexity index is 1020. The molecule has 0 saturated carbocycles. The summed E-state index contributed by atoms with van der Waals surface area (Å²) in [5.74, 6) is 1.20. The van der Waals surface area contributed by atoms with Crippen molar-refractivity contribution in [1.82, 2.24) is 14.5 Å². The third-order valence-electron chi connectivity index (χ3n) is 4.51. The van der Waals surface area contributed by atoms with Crippen molar-refractivity contribution in [3.63, 3.8) is 0 Å². The van der Waals surface area contributed by atoms with Crippen LogP contribution in [0.5, 0.6) is 0 Å². The highest BCUT2D eigenvalue weighted by Gasteiger charge is 2.24. The minimum Gasteiger partial charge on any atom is -0.459 e. The van der Waals surface area contributed by atoms with Crippen LogP contribution in [0.15, 0.2) is 28.7 Å². The number of hydrogen-bond acceptors (Lipinski definition) is 5. The molecule has 2 aromatic heterocycles. The molecular weight excluding hydrogens is 342 g/mol. The van der Waals surface area contributed by atoms with Gasteiger partial charge in [-0.2, -0.15) is 0 Å². The fraction of sp³-hybridized carbons (Fsp3) is 0.381. The summed E-state index contributed by atoms with van der Waals surface area (Å²) < 4.78 is 13.3. The largest absolute Gasteiger partial charge is 0.459 e. The minimum atomic E-state index is -0.494. The average molecular weight is 365 g/mol. The fourth-order valence-corrected chi connectivity index (χ4v) is 3.39. The molecule has 0 radical (unpaired) electrons. The summed E-state index contributed by atoms with van der Waals surface area (Å²) in [4.78, 5) is 21.5. The normalized spacial score (nSPS) is 14.1. The van der Waals surface area contributed by atoms with Crippen LogP contribution in [0.1, 0.15) is 50.3 Å². The van der Waals surface area contributed by atoms with Gasteiger partial charge in [0, 0.05) is 11.3 Å². The quantitative estimate of drug-likeness (QED) is 0.652. The van der Waals surface area contributed by atoms with Gasteiger partial charge in [0.15, 0.2) is 5.58 Å². The molecule has 0 fully saturated rings. The first-order valence-corrected chi connectivity index (χ1v) is 9.14. The molecule has 6 heteroatoms. The van der Waals surface area contributed by atoms with E-state index in [1.54, 1.807) is 0 Å². The monoisotopic (exact) mass is 365 g/mol. The highest BCUT2D eigenvalue weighted by atomic mass is 16.6. The molecule has 0 unspecified atom stereocenters. The van der Waals surface area contributed by atoms with Gasteiger partial charge in [-0.05, 0) is 58.7 Å². The summed E-state index contributed by atoms with van der Waals surface area (Å²) in [6.07, 6.45) is 3.59. The van der Waals surface area contributed by atoms with Crippen molar-refractivity contribution >= 4 is 28.7 Å². The minimum absolute atomic E-state index is 0.178. The summed E-state index contributed by atoms with van der Waals surface area (Å²) >= 11 is 0. The zero-order valence-electron chi connectivity index (χ0n) is 16.1. The Morgan fingerprint density at radius 1 is 1.22 bits per heavy atom. The average Bonchev–Trinajstić information content (AvgIpc) is 3.14. The lowest BCUT2D eigenvalue weighted by atomic mass is 10.00. The molecule has 140 valence electrons. The van der Waals surface area contributed by atoms with Crippen LogP contribution in [0.2, 0.25) is 0 Å². The van der Waals surface area contributed by atoms with Crippen LogP contribution in [-0.4, -0.2) is 26.1 Å². The van der Waals surface area contributed by atoms with Crippen molar-refractivity contribution in [2.75, 3.05) is 0 Å². The first-order valence-electron chi connectivity index (χ1n) is 9.14. The van der Waals surface area contributed by atoms with E-state index in [9.17, 15) is 4.79 Å². The number of rotatable bonds is 3. The van der Waals surface area contributed by atoms with Crippen molar-refractivity contribution in [2.24, 2.45) is 0 Å². The second-order valence-corrected chi connectivity index (χ2v) is 7.82. The number of ether oxygens (including phenoxy) is 1. The number of aryl methyl sites for hydroxylation is 1. The molecule has 1 aromatic carbocycles. The molecule has 27 heavy (non-hydrogen) atoms. The molecule has 1 aliphatic carbocycles. The number of allylic oxidation sites excluding steroid dienone is 1. The smallest absolute Gasteiger partial charge is 0.326 e. The molecule has 3 aromatic rings. The van der Waals surface area contributed by atoms with Crippen LogP contribution in [0.25, 0.3) is 22.7 Å². The van der Waals surface area contributed by atoms with E-state index in [2.05, 4.69) is 9.97 Å². The Balaban J connectivity index is 1.62. The maximum absolute atomic E-state index is 12.2. The zero-order valence-corrected chi connectivity index (χ0v) is 16.1. The summed E-state index contributed by atoms with van der Waals surface area (Å²) in [6, 6.07) is 7.74. The Labute approximate surface area is 157 Å². The Hall–Kier alpha value is -2.89. The Morgan fingerprint density at radius 2 is 2.00 bits per heavy atom. The predicted octanol–water partition coefficient (Wildman–Crippen LogP) is 4.16. The van der Waals surface area contributed by atoms with E-state index in [-0.39, 0.29) is 12.5 Å². The number of nitrogens with zero attached hydrogens (tertiary/aromatic N) is 3. The number of aromatic nitrogens is 3. The number of benzene rings is 1. The first kappa shape index (κ1) is 17.5. The van der Waals surface area contributed by atoms with Crippen molar-refractivity contribution in [2.45, 2.75) is 52.7 Å². The standard InChI is InChI=1S/C21H23N3O3/c1-13-22-16-11-14(20-23-15-7-5-6-8-18(15)26-20)9-10-17(16)24(13)12-19(25)27-21(2,3)4/h5-8,11H,9-10,12H2,1-4H3. The maximum atomic E-state index is 12.2. The topological polar surface area (TPSA) is 70.2 Å². The predicted molar refractivity (Wildman–Crippen MR) is 103 cm³/mol. The number of para-hydroxylation sites is 2. The van der Waals surface area contributed by atoms with Crippen molar-refractivity contribution in [3.05, 3.63) is 47.4 Å². The van der Waals surface area contributed by atoms with Crippen LogP contribution >= 0.6 is 0 Å². The lowest BCUT2D eigenvalue weighted by molar-refractivity contribution is -0.155. The van der Waals surface area contributed by atoms with Gasteiger partial charge in [0.2, 0.25) is 5.89 Å². The molecule has 0 aliphatic heterocycles. The SMILES string of the molecule is Cc1nc2c(n1CC(=O)OC(C)(C)C)CCC(c1nc3ccccc3o1)=C2. The lowest BCUT2D eigenvalue weighted by Crippen LogP contribution is -2.27. The summed E-state index contributed by atoms with van der Waals surface area (Å²) in [5.41, 5.74) is 4.10. The van der Waals surface area contributed by atoms with E-state index in [4.69, 9.17) is 9.15 Å². The highest BCUT2D eigenvalue weighted by molar-refractivity contribution is 5.83. The molecule has 2 heterocycles. The van der Waals surface area contributed by atoms with Gasteiger partial charge in [-0.25, -0.2) is 9.97 Å². The molecule has 0 atom stereocenters.